The van der Waals surface area contributed by atoms with Crippen molar-refractivity contribution in [2.45, 2.75) is 37.6 Å². The quantitative estimate of drug-likeness (QED) is 0.714. The maximum atomic E-state index is 9.98. The van der Waals surface area contributed by atoms with Crippen LogP contribution < -0.4 is 4.90 Å². The molecule has 1 fully saturated rings. The molecule has 2 aromatic rings. The molecule has 3 rings (SSSR count). The van der Waals surface area contributed by atoms with Crippen LogP contribution in [0.3, 0.4) is 0 Å². The fourth-order valence-electron chi connectivity index (χ4n) is 3.02. The first-order chi connectivity index (χ1) is 12.4. The zero-order chi connectivity index (χ0) is 18.8. The number of fused-ring (bicyclic) bond motifs is 1. The lowest BCUT2D eigenvalue weighted by atomic mass is 10.0. The number of nitrogens with zero attached hydrogens (tertiary/aromatic N) is 2. The Morgan fingerprint density at radius 1 is 1.19 bits per heavy atom. The molecular formula is C18H23ClN2O5. The van der Waals surface area contributed by atoms with E-state index in [9.17, 15) is 15.3 Å². The van der Waals surface area contributed by atoms with Crippen molar-refractivity contribution in [1.29, 1.82) is 0 Å². The molecule has 1 aliphatic rings. The van der Waals surface area contributed by atoms with E-state index in [0.717, 1.165) is 16.6 Å². The summed E-state index contributed by atoms with van der Waals surface area (Å²) in [6.45, 7) is 2.42. The minimum Gasteiger partial charge on any atom is -0.388 e. The van der Waals surface area contributed by atoms with E-state index in [1.165, 1.54) is 0 Å². The van der Waals surface area contributed by atoms with Crippen molar-refractivity contribution in [3.8, 4) is 0 Å². The van der Waals surface area contributed by atoms with E-state index in [1.807, 2.05) is 36.2 Å². The molecule has 142 valence electrons. The lowest BCUT2D eigenvalue weighted by Crippen LogP contribution is -2.57. The summed E-state index contributed by atoms with van der Waals surface area (Å²) in [6, 6.07) is 7.46. The number of likely N-dealkylation sites (N-methyl/N-ethyl adjacent to an activating group) is 1. The van der Waals surface area contributed by atoms with Gasteiger partial charge in [-0.1, -0.05) is 11.6 Å². The zero-order valence-corrected chi connectivity index (χ0v) is 15.4. The molecule has 2 heterocycles. The van der Waals surface area contributed by atoms with Gasteiger partial charge in [0.15, 0.2) is 6.29 Å². The second-order valence-corrected chi connectivity index (χ2v) is 6.90. The summed E-state index contributed by atoms with van der Waals surface area (Å²) in [6.07, 6.45) is -3.61. The van der Waals surface area contributed by atoms with Crippen molar-refractivity contribution in [2.24, 2.45) is 0 Å². The van der Waals surface area contributed by atoms with Gasteiger partial charge in [-0.25, -0.2) is 0 Å². The van der Waals surface area contributed by atoms with Crippen LogP contribution >= 0.6 is 11.6 Å². The molecule has 1 saturated heterocycles. The molecule has 0 saturated carbocycles. The number of hydrogen-bond donors (Lipinski definition) is 3. The Hall–Kier alpha value is -1.48. The molecule has 0 radical (unpaired) electrons. The molecule has 0 amide bonds. The molecule has 3 N–H and O–H groups in total. The molecule has 1 aromatic carbocycles. The Morgan fingerprint density at radius 2 is 1.96 bits per heavy atom. The van der Waals surface area contributed by atoms with E-state index in [-0.39, 0.29) is 6.61 Å². The Labute approximate surface area is 156 Å². The maximum absolute atomic E-state index is 9.98. The minimum absolute atomic E-state index is 0.269. The predicted octanol–water partition coefficient (Wildman–Crippen LogP) is 1.17. The van der Waals surface area contributed by atoms with Gasteiger partial charge in [-0.3, -0.25) is 4.98 Å². The highest BCUT2D eigenvalue weighted by Gasteiger charge is 2.42. The van der Waals surface area contributed by atoms with Gasteiger partial charge in [-0.2, -0.15) is 0 Å². The molecule has 1 aromatic heterocycles. The number of hydrogen-bond acceptors (Lipinski definition) is 7. The van der Waals surface area contributed by atoms with Gasteiger partial charge in [0.1, 0.15) is 18.3 Å². The van der Waals surface area contributed by atoms with Crippen LogP contribution in [0.25, 0.3) is 10.9 Å². The lowest BCUT2D eigenvalue weighted by Gasteiger charge is -2.39. The summed E-state index contributed by atoms with van der Waals surface area (Å²) >= 11 is 6.02. The highest BCUT2D eigenvalue weighted by atomic mass is 35.5. The smallest absolute Gasteiger partial charge is 0.186 e. The van der Waals surface area contributed by atoms with Gasteiger partial charge >= 0.3 is 0 Å². The standard InChI is InChI=1S/C18H23ClN2O5/c1-10-15(22)16(23)17(24)18(26-10)25-8-7-21(2)14-5-6-20-13-9-11(19)3-4-12(13)14/h3-6,9-10,15-18,22-24H,7-8H2,1-2H3/t10-,15+,16+,17-,18?/m0/s1. The summed E-state index contributed by atoms with van der Waals surface area (Å²) in [7, 11) is 1.92. The summed E-state index contributed by atoms with van der Waals surface area (Å²) in [5.41, 5.74) is 1.78. The zero-order valence-electron chi connectivity index (χ0n) is 14.6. The van der Waals surface area contributed by atoms with Gasteiger partial charge in [-0.15, -0.1) is 0 Å². The second kappa shape index (κ2) is 8.04. The van der Waals surface area contributed by atoms with Crippen molar-refractivity contribution >= 4 is 28.2 Å². The Balaban J connectivity index is 1.62. The molecule has 0 spiro atoms. The van der Waals surface area contributed by atoms with Crippen molar-refractivity contribution < 1.29 is 24.8 Å². The molecular weight excluding hydrogens is 360 g/mol. The van der Waals surface area contributed by atoms with Gasteiger partial charge in [0, 0.05) is 35.9 Å². The van der Waals surface area contributed by atoms with E-state index in [2.05, 4.69) is 4.98 Å². The molecule has 5 atom stereocenters. The van der Waals surface area contributed by atoms with Crippen molar-refractivity contribution in [2.75, 3.05) is 25.1 Å². The SMILES string of the molecule is C[C@@H]1OC(OCCN(C)c2ccnc3cc(Cl)ccc23)[C@@H](O)[C@H](O)[C@@H]1O. The summed E-state index contributed by atoms with van der Waals surface area (Å²) in [4.78, 5) is 6.33. The van der Waals surface area contributed by atoms with Crippen molar-refractivity contribution in [3.63, 3.8) is 0 Å². The number of aliphatic hydroxyl groups is 3. The van der Waals surface area contributed by atoms with E-state index < -0.39 is 30.7 Å². The Bertz CT molecular complexity index is 761. The minimum atomic E-state index is -1.30. The molecule has 7 nitrogen and oxygen atoms in total. The molecule has 0 bridgehead atoms. The second-order valence-electron chi connectivity index (χ2n) is 6.47. The van der Waals surface area contributed by atoms with E-state index in [4.69, 9.17) is 21.1 Å². The molecule has 1 unspecified atom stereocenters. The van der Waals surface area contributed by atoms with Crippen LogP contribution in [-0.2, 0) is 9.47 Å². The fraction of sp³-hybridized carbons (Fsp3) is 0.500. The van der Waals surface area contributed by atoms with Crippen LogP contribution in [0.1, 0.15) is 6.92 Å². The fourth-order valence-corrected chi connectivity index (χ4v) is 3.18. The first-order valence-electron chi connectivity index (χ1n) is 8.45. The van der Waals surface area contributed by atoms with Crippen LogP contribution in [-0.4, -0.2) is 71.2 Å². The third-order valence-electron chi connectivity index (χ3n) is 4.61. The predicted molar refractivity (Wildman–Crippen MR) is 98.3 cm³/mol. The number of aliphatic hydroxyl groups excluding tert-OH is 3. The van der Waals surface area contributed by atoms with Crippen molar-refractivity contribution in [3.05, 3.63) is 35.5 Å². The summed E-state index contributed by atoms with van der Waals surface area (Å²) in [5.74, 6) is 0. The highest BCUT2D eigenvalue weighted by Crippen LogP contribution is 2.27. The van der Waals surface area contributed by atoms with E-state index >= 15 is 0 Å². The number of ether oxygens (including phenoxy) is 2. The van der Waals surface area contributed by atoms with Gasteiger partial charge < -0.3 is 29.7 Å². The van der Waals surface area contributed by atoms with E-state index in [0.29, 0.717) is 11.6 Å². The Morgan fingerprint density at radius 3 is 2.73 bits per heavy atom. The highest BCUT2D eigenvalue weighted by molar-refractivity contribution is 6.31. The monoisotopic (exact) mass is 382 g/mol. The molecule has 8 heteroatoms. The molecule has 0 aliphatic carbocycles. The number of anilines is 1. The number of benzene rings is 1. The molecule has 1 aliphatic heterocycles. The van der Waals surface area contributed by atoms with Crippen LogP contribution in [0.2, 0.25) is 5.02 Å². The Kier molecular flexibility index (Phi) is 5.96. The number of rotatable bonds is 5. The van der Waals surface area contributed by atoms with Crippen LogP contribution in [0.4, 0.5) is 5.69 Å². The molecule has 26 heavy (non-hydrogen) atoms. The number of pyridine rings is 1. The summed E-state index contributed by atoms with van der Waals surface area (Å²) < 4.78 is 11.0. The number of aromatic nitrogens is 1. The third kappa shape index (κ3) is 3.93. The van der Waals surface area contributed by atoms with Gasteiger partial charge in [0.05, 0.1) is 18.2 Å². The summed E-state index contributed by atoms with van der Waals surface area (Å²) in [5, 5.41) is 31.1. The average molecular weight is 383 g/mol. The normalized spacial score (nSPS) is 29.1. The van der Waals surface area contributed by atoms with Crippen LogP contribution in [0.15, 0.2) is 30.5 Å². The lowest BCUT2D eigenvalue weighted by molar-refractivity contribution is -0.292. The van der Waals surface area contributed by atoms with Gasteiger partial charge in [-0.05, 0) is 31.2 Å². The van der Waals surface area contributed by atoms with E-state index in [1.54, 1.807) is 13.1 Å². The first-order valence-corrected chi connectivity index (χ1v) is 8.83. The maximum Gasteiger partial charge on any atom is 0.186 e. The average Bonchev–Trinajstić information content (AvgIpc) is 2.63. The first kappa shape index (κ1) is 19.3. The van der Waals surface area contributed by atoms with Crippen molar-refractivity contribution in [1.82, 2.24) is 4.98 Å². The third-order valence-corrected chi connectivity index (χ3v) is 4.85. The van der Waals surface area contributed by atoms with Gasteiger partial charge in [0.2, 0.25) is 0 Å². The topological polar surface area (TPSA) is 95.3 Å². The number of halogens is 1. The van der Waals surface area contributed by atoms with Crippen LogP contribution in [0.5, 0.6) is 0 Å². The van der Waals surface area contributed by atoms with Crippen LogP contribution in [0, 0.1) is 0 Å². The van der Waals surface area contributed by atoms with Gasteiger partial charge in [0.25, 0.3) is 0 Å². The largest absolute Gasteiger partial charge is 0.388 e.